The Morgan fingerprint density at radius 2 is 2.17 bits per heavy atom. The number of piperidine rings is 1. The number of anilines is 1. The number of amides is 3. The molecule has 0 spiro atoms. The van der Waals surface area contributed by atoms with E-state index in [1.165, 1.54) is 18.2 Å². The number of carbonyl (C=O) groups is 2. The molecule has 3 amide bonds. The fraction of sp³-hybridized carbons (Fsp3) is 0.529. The molecule has 2 atom stereocenters. The second-order valence-corrected chi connectivity index (χ2v) is 6.83. The van der Waals surface area contributed by atoms with E-state index in [-0.39, 0.29) is 28.9 Å². The SMILES string of the molecule is CCCN1C(=O)[C@H]2CC[C@@H]1CN(C(=O)Nc1ccc(F)c(Cl)c1)C2. The number of urea groups is 1. The summed E-state index contributed by atoms with van der Waals surface area (Å²) in [6.07, 6.45) is 2.67. The van der Waals surface area contributed by atoms with E-state index >= 15 is 0 Å². The molecule has 0 aliphatic carbocycles. The van der Waals surface area contributed by atoms with Crippen LogP contribution in [0.2, 0.25) is 5.02 Å². The van der Waals surface area contributed by atoms with Crippen molar-refractivity contribution >= 4 is 29.2 Å². The average molecular weight is 354 g/mol. The molecule has 4 rings (SSSR count). The lowest BCUT2D eigenvalue weighted by Crippen LogP contribution is -2.48. The fourth-order valence-electron chi connectivity index (χ4n) is 3.52. The zero-order valence-corrected chi connectivity index (χ0v) is 14.4. The number of benzene rings is 1. The maximum Gasteiger partial charge on any atom is 0.321 e. The third-order valence-electron chi connectivity index (χ3n) is 4.72. The highest BCUT2D eigenvalue weighted by Gasteiger charge is 2.41. The predicted octanol–water partition coefficient (Wildman–Crippen LogP) is 3.34. The maximum atomic E-state index is 13.2. The number of fused-ring (bicyclic) bond motifs is 4. The van der Waals surface area contributed by atoms with Crippen LogP contribution < -0.4 is 5.32 Å². The summed E-state index contributed by atoms with van der Waals surface area (Å²) in [5.74, 6) is -0.491. The molecule has 3 fully saturated rings. The van der Waals surface area contributed by atoms with E-state index in [0.717, 1.165) is 25.8 Å². The summed E-state index contributed by atoms with van der Waals surface area (Å²) in [7, 11) is 0. The predicted molar refractivity (Wildman–Crippen MR) is 90.5 cm³/mol. The van der Waals surface area contributed by atoms with Crippen LogP contribution in [0.4, 0.5) is 14.9 Å². The average Bonchev–Trinajstić information content (AvgIpc) is 2.84. The highest BCUT2D eigenvalue weighted by atomic mass is 35.5. The quantitative estimate of drug-likeness (QED) is 0.906. The van der Waals surface area contributed by atoms with Gasteiger partial charge in [-0.2, -0.15) is 0 Å². The molecule has 24 heavy (non-hydrogen) atoms. The minimum absolute atomic E-state index is 0.0342. The first kappa shape index (κ1) is 17.0. The molecular weight excluding hydrogens is 333 g/mol. The second kappa shape index (κ2) is 6.97. The van der Waals surface area contributed by atoms with Gasteiger partial charge in [-0.25, -0.2) is 9.18 Å². The Kier molecular flexibility index (Phi) is 4.94. The van der Waals surface area contributed by atoms with Gasteiger partial charge in [0.2, 0.25) is 5.91 Å². The van der Waals surface area contributed by atoms with Crippen molar-refractivity contribution in [2.45, 2.75) is 32.2 Å². The smallest absolute Gasteiger partial charge is 0.321 e. The number of halogens is 2. The van der Waals surface area contributed by atoms with Crippen molar-refractivity contribution in [1.29, 1.82) is 0 Å². The molecule has 7 heteroatoms. The van der Waals surface area contributed by atoms with Crippen molar-refractivity contribution in [2.75, 3.05) is 25.0 Å². The van der Waals surface area contributed by atoms with Crippen LogP contribution in [0.15, 0.2) is 18.2 Å². The molecule has 0 radical (unpaired) electrons. The summed E-state index contributed by atoms with van der Waals surface area (Å²) in [6, 6.07) is 3.88. The van der Waals surface area contributed by atoms with Crippen LogP contribution in [0.1, 0.15) is 26.2 Å². The maximum absolute atomic E-state index is 13.2. The van der Waals surface area contributed by atoms with Gasteiger partial charge in [-0.05, 0) is 37.5 Å². The number of nitrogens with zero attached hydrogens (tertiary/aromatic N) is 2. The van der Waals surface area contributed by atoms with Crippen molar-refractivity contribution < 1.29 is 14.0 Å². The van der Waals surface area contributed by atoms with Crippen LogP contribution in [0, 0.1) is 11.7 Å². The summed E-state index contributed by atoms with van der Waals surface area (Å²) in [5.41, 5.74) is 0.444. The second-order valence-electron chi connectivity index (χ2n) is 6.42. The molecule has 1 N–H and O–H groups in total. The molecule has 1 aromatic rings. The minimum Gasteiger partial charge on any atom is -0.338 e. The Labute approximate surface area is 145 Å². The van der Waals surface area contributed by atoms with Gasteiger partial charge in [-0.1, -0.05) is 18.5 Å². The Hall–Kier alpha value is -1.82. The van der Waals surface area contributed by atoms with Crippen LogP contribution in [-0.4, -0.2) is 47.4 Å². The normalized spacial score (nSPS) is 23.4. The Balaban J connectivity index is 1.72. The molecule has 0 aromatic heterocycles. The van der Waals surface area contributed by atoms with Gasteiger partial charge in [0.05, 0.1) is 10.9 Å². The molecule has 3 aliphatic heterocycles. The number of rotatable bonds is 3. The van der Waals surface area contributed by atoms with Crippen LogP contribution in [0.25, 0.3) is 0 Å². The lowest BCUT2D eigenvalue weighted by Gasteiger charge is -2.35. The van der Waals surface area contributed by atoms with Crippen LogP contribution in [0.5, 0.6) is 0 Å². The van der Waals surface area contributed by atoms with Crippen molar-refractivity contribution in [3.63, 3.8) is 0 Å². The third-order valence-corrected chi connectivity index (χ3v) is 5.01. The first-order chi connectivity index (χ1) is 11.5. The zero-order chi connectivity index (χ0) is 17.3. The Morgan fingerprint density at radius 1 is 1.38 bits per heavy atom. The van der Waals surface area contributed by atoms with Gasteiger partial charge in [0.15, 0.2) is 0 Å². The summed E-state index contributed by atoms with van der Waals surface area (Å²) >= 11 is 5.75. The van der Waals surface area contributed by atoms with Gasteiger partial charge in [0.1, 0.15) is 5.82 Å². The molecule has 3 heterocycles. The van der Waals surface area contributed by atoms with E-state index in [1.807, 2.05) is 4.90 Å². The molecule has 3 saturated heterocycles. The molecule has 5 nitrogen and oxygen atoms in total. The van der Waals surface area contributed by atoms with Crippen LogP contribution in [-0.2, 0) is 4.79 Å². The summed E-state index contributed by atoms with van der Waals surface area (Å²) < 4.78 is 13.2. The zero-order valence-electron chi connectivity index (χ0n) is 13.6. The lowest BCUT2D eigenvalue weighted by atomic mass is 9.94. The van der Waals surface area contributed by atoms with Crippen molar-refractivity contribution in [1.82, 2.24) is 9.80 Å². The van der Waals surface area contributed by atoms with E-state index in [4.69, 9.17) is 11.6 Å². The van der Waals surface area contributed by atoms with Gasteiger partial charge < -0.3 is 15.1 Å². The number of hydrogen-bond acceptors (Lipinski definition) is 2. The molecule has 0 saturated carbocycles. The largest absolute Gasteiger partial charge is 0.338 e. The van der Waals surface area contributed by atoms with Gasteiger partial charge in [0.25, 0.3) is 0 Å². The highest BCUT2D eigenvalue weighted by molar-refractivity contribution is 6.31. The highest BCUT2D eigenvalue weighted by Crippen LogP contribution is 2.29. The molecule has 2 bridgehead atoms. The summed E-state index contributed by atoms with van der Waals surface area (Å²) in [4.78, 5) is 28.7. The number of hydrogen-bond donors (Lipinski definition) is 1. The first-order valence-electron chi connectivity index (χ1n) is 8.31. The Bertz CT molecular complexity index is 655. The van der Waals surface area contributed by atoms with E-state index < -0.39 is 5.82 Å². The first-order valence-corrected chi connectivity index (χ1v) is 8.69. The number of nitrogens with one attached hydrogen (secondary N) is 1. The van der Waals surface area contributed by atoms with E-state index in [0.29, 0.717) is 18.8 Å². The topological polar surface area (TPSA) is 52.7 Å². The lowest BCUT2D eigenvalue weighted by molar-refractivity contribution is -0.139. The van der Waals surface area contributed by atoms with Crippen molar-refractivity contribution in [2.24, 2.45) is 5.92 Å². The van der Waals surface area contributed by atoms with E-state index in [9.17, 15) is 14.0 Å². The Morgan fingerprint density at radius 3 is 2.88 bits per heavy atom. The standard InChI is InChI=1S/C17H21ClFN3O2/c1-2-7-22-13-5-3-11(16(22)23)9-21(10-13)17(24)20-12-4-6-15(19)14(18)8-12/h4,6,8,11,13H,2-3,5,7,9-10H2,1H3,(H,20,24)/t11-,13+/m0/s1. The minimum atomic E-state index is -0.525. The van der Waals surface area contributed by atoms with Gasteiger partial charge in [0, 0.05) is 31.4 Å². The van der Waals surface area contributed by atoms with Crippen LogP contribution in [0.3, 0.4) is 0 Å². The van der Waals surface area contributed by atoms with E-state index in [1.54, 1.807) is 4.90 Å². The molecule has 0 unspecified atom stereocenters. The fourth-order valence-corrected chi connectivity index (χ4v) is 3.70. The number of carbonyl (C=O) groups excluding carboxylic acids is 2. The van der Waals surface area contributed by atoms with Crippen molar-refractivity contribution in [3.05, 3.63) is 29.0 Å². The van der Waals surface area contributed by atoms with Crippen molar-refractivity contribution in [3.8, 4) is 0 Å². The molecule has 130 valence electrons. The third kappa shape index (κ3) is 3.34. The molecule has 3 aliphatic rings. The summed E-state index contributed by atoms with van der Waals surface area (Å²) in [5, 5.41) is 2.71. The molecule has 1 aromatic carbocycles. The molecular formula is C17H21ClFN3O2. The van der Waals surface area contributed by atoms with Gasteiger partial charge in [-0.15, -0.1) is 0 Å². The monoisotopic (exact) mass is 353 g/mol. The van der Waals surface area contributed by atoms with Gasteiger partial charge >= 0.3 is 6.03 Å². The van der Waals surface area contributed by atoms with Gasteiger partial charge in [-0.3, -0.25) is 4.79 Å². The summed E-state index contributed by atoms with van der Waals surface area (Å²) in [6.45, 7) is 3.75. The van der Waals surface area contributed by atoms with Crippen LogP contribution >= 0.6 is 11.6 Å². The van der Waals surface area contributed by atoms with E-state index in [2.05, 4.69) is 12.2 Å².